The van der Waals surface area contributed by atoms with Crippen molar-refractivity contribution in [1.29, 1.82) is 0 Å². The van der Waals surface area contributed by atoms with Gasteiger partial charge in [0.2, 0.25) is 0 Å². The van der Waals surface area contributed by atoms with E-state index in [1.807, 2.05) is 6.92 Å². The zero-order chi connectivity index (χ0) is 16.0. The van der Waals surface area contributed by atoms with Gasteiger partial charge in [-0.05, 0) is 19.3 Å². The number of unbranched alkanes of at least 4 members (excludes halogenated alkanes) is 2. The molecule has 1 fully saturated rings. The molecular weight excluding hydrogens is 260 g/mol. The molecule has 0 aromatic rings. The standard InChI is InChI=1S/C15H26O5/c1-2-3-4-5-10(16)6-7-12(15(19)20)13-8-11(17)9-14(13)18/h6-7,10-14,16-18H,2-5,8-9H2,1H3,(H,19,20)/t10-,11-,12+,13+,14-/m0/s1/i10D. The smallest absolute Gasteiger partial charge is 0.310 e. The van der Waals surface area contributed by atoms with Gasteiger partial charge in [-0.15, -0.1) is 0 Å². The minimum Gasteiger partial charge on any atom is -0.481 e. The van der Waals surface area contributed by atoms with Crippen molar-refractivity contribution in [2.45, 2.75) is 63.7 Å². The third-order valence-corrected chi connectivity index (χ3v) is 3.83. The van der Waals surface area contributed by atoms with Crippen LogP contribution in [0, 0.1) is 11.8 Å². The number of carboxylic acid groups (broad SMARTS) is 1. The molecular formula is C15H26O5. The summed E-state index contributed by atoms with van der Waals surface area (Å²) >= 11 is 0. The van der Waals surface area contributed by atoms with Gasteiger partial charge in [0.05, 0.1) is 25.6 Å². The number of carbonyl (C=O) groups is 1. The average molecular weight is 287 g/mol. The van der Waals surface area contributed by atoms with Gasteiger partial charge in [-0.2, -0.15) is 0 Å². The fraction of sp³-hybridized carbons (Fsp3) is 0.800. The van der Waals surface area contributed by atoms with E-state index in [-0.39, 0.29) is 19.3 Å². The summed E-state index contributed by atoms with van der Waals surface area (Å²) in [7, 11) is 0. The molecule has 0 bridgehead atoms. The predicted molar refractivity (Wildman–Crippen MR) is 75.2 cm³/mol. The maximum Gasteiger partial charge on any atom is 0.310 e. The lowest BCUT2D eigenvalue weighted by atomic mass is 9.88. The minimum atomic E-state index is -1.79. The van der Waals surface area contributed by atoms with Crippen molar-refractivity contribution in [3.8, 4) is 0 Å². The highest BCUT2D eigenvalue weighted by Gasteiger charge is 2.39. The highest BCUT2D eigenvalue weighted by atomic mass is 16.4. The molecule has 0 aliphatic heterocycles. The summed E-state index contributed by atoms with van der Waals surface area (Å²) in [5.74, 6) is -2.70. The second-order valence-electron chi connectivity index (χ2n) is 5.53. The second-order valence-corrected chi connectivity index (χ2v) is 5.53. The largest absolute Gasteiger partial charge is 0.481 e. The number of hydrogen-bond donors (Lipinski definition) is 4. The van der Waals surface area contributed by atoms with Crippen LogP contribution in [-0.2, 0) is 4.79 Å². The number of carboxylic acids is 1. The van der Waals surface area contributed by atoms with Crippen molar-refractivity contribution in [2.24, 2.45) is 11.8 Å². The summed E-state index contributed by atoms with van der Waals surface area (Å²) in [6.07, 6.45) is 2.34. The van der Waals surface area contributed by atoms with Crippen molar-refractivity contribution in [1.82, 2.24) is 0 Å². The number of hydrogen-bond acceptors (Lipinski definition) is 4. The van der Waals surface area contributed by atoms with E-state index in [0.717, 1.165) is 12.8 Å². The van der Waals surface area contributed by atoms with Gasteiger partial charge in [0.25, 0.3) is 0 Å². The zero-order valence-corrected chi connectivity index (χ0v) is 11.9. The molecule has 0 saturated heterocycles. The van der Waals surface area contributed by atoms with Gasteiger partial charge in [0, 0.05) is 5.92 Å². The summed E-state index contributed by atoms with van der Waals surface area (Å²) in [5, 5.41) is 38.5. The first kappa shape index (κ1) is 15.5. The summed E-state index contributed by atoms with van der Waals surface area (Å²) in [6.45, 7) is 2.02. The van der Waals surface area contributed by atoms with Gasteiger partial charge in [-0.1, -0.05) is 38.3 Å². The van der Waals surface area contributed by atoms with Crippen LogP contribution in [0.5, 0.6) is 0 Å². The maximum absolute atomic E-state index is 11.3. The number of rotatable bonds is 8. The fourth-order valence-electron chi connectivity index (χ4n) is 2.67. The molecule has 5 nitrogen and oxygen atoms in total. The molecule has 5 atom stereocenters. The lowest BCUT2D eigenvalue weighted by Crippen LogP contribution is -2.28. The van der Waals surface area contributed by atoms with Crippen LogP contribution in [0.2, 0.25) is 0 Å². The lowest BCUT2D eigenvalue weighted by molar-refractivity contribution is -0.142. The third kappa shape index (κ3) is 5.23. The molecule has 1 aliphatic rings. The van der Waals surface area contributed by atoms with Crippen molar-refractivity contribution >= 4 is 5.97 Å². The number of aliphatic hydroxyl groups excluding tert-OH is 2. The van der Waals surface area contributed by atoms with Crippen LogP contribution < -0.4 is 0 Å². The van der Waals surface area contributed by atoms with Crippen LogP contribution in [0.3, 0.4) is 0 Å². The quantitative estimate of drug-likeness (QED) is 0.399. The van der Waals surface area contributed by atoms with E-state index in [1.165, 1.54) is 12.2 Å². The second kappa shape index (κ2) is 8.39. The highest BCUT2D eigenvalue weighted by Crippen LogP contribution is 2.33. The maximum atomic E-state index is 11.3. The highest BCUT2D eigenvalue weighted by molar-refractivity contribution is 5.72. The van der Waals surface area contributed by atoms with Crippen LogP contribution in [0.25, 0.3) is 0 Å². The van der Waals surface area contributed by atoms with Crippen LogP contribution >= 0.6 is 0 Å². The Bertz CT molecular complexity index is 369. The zero-order valence-electron chi connectivity index (χ0n) is 12.9. The van der Waals surface area contributed by atoms with E-state index in [2.05, 4.69) is 0 Å². The van der Waals surface area contributed by atoms with E-state index >= 15 is 0 Å². The minimum absolute atomic E-state index is 0.171. The molecule has 1 saturated carbocycles. The molecule has 0 unspecified atom stereocenters. The van der Waals surface area contributed by atoms with Gasteiger partial charge in [-0.3, -0.25) is 4.79 Å². The average Bonchev–Trinajstić information content (AvgIpc) is 2.68. The first-order chi connectivity index (χ1) is 9.76. The van der Waals surface area contributed by atoms with Crippen LogP contribution in [0.1, 0.15) is 46.8 Å². The Morgan fingerprint density at radius 2 is 2.05 bits per heavy atom. The molecule has 0 spiro atoms. The van der Waals surface area contributed by atoms with Crippen LogP contribution in [0.4, 0.5) is 0 Å². The van der Waals surface area contributed by atoms with Gasteiger partial charge in [0.1, 0.15) is 0 Å². The van der Waals surface area contributed by atoms with Crippen LogP contribution in [0.15, 0.2) is 12.2 Å². The van der Waals surface area contributed by atoms with Gasteiger partial charge >= 0.3 is 5.97 Å². The van der Waals surface area contributed by atoms with E-state index < -0.39 is 36.1 Å². The molecule has 0 amide bonds. The first-order valence-electron chi connectivity index (χ1n) is 7.77. The third-order valence-electron chi connectivity index (χ3n) is 3.83. The van der Waals surface area contributed by atoms with Crippen molar-refractivity contribution in [3.05, 3.63) is 12.2 Å². The number of aliphatic carboxylic acids is 1. The topological polar surface area (TPSA) is 98.0 Å². The Morgan fingerprint density at radius 3 is 2.55 bits per heavy atom. The molecule has 20 heavy (non-hydrogen) atoms. The Labute approximate surface area is 121 Å². The van der Waals surface area contributed by atoms with E-state index in [4.69, 9.17) is 1.37 Å². The Hall–Kier alpha value is -0.910. The normalized spacial score (nSPS) is 32.0. The predicted octanol–water partition coefficient (Wildman–Crippen LogP) is 1.32. The molecule has 1 rings (SSSR count). The Kier molecular flexibility index (Phi) is 6.50. The molecule has 0 aromatic heterocycles. The lowest BCUT2D eigenvalue weighted by Gasteiger charge is -2.19. The molecule has 5 heteroatoms. The molecule has 0 aromatic carbocycles. The monoisotopic (exact) mass is 287 g/mol. The van der Waals surface area contributed by atoms with Gasteiger partial charge in [-0.25, -0.2) is 0 Å². The van der Waals surface area contributed by atoms with Crippen LogP contribution in [-0.4, -0.2) is 44.7 Å². The van der Waals surface area contributed by atoms with E-state index in [9.17, 15) is 25.2 Å². The van der Waals surface area contributed by atoms with Gasteiger partial charge < -0.3 is 20.4 Å². The summed E-state index contributed by atoms with van der Waals surface area (Å²) in [5.41, 5.74) is 0. The first-order valence-corrected chi connectivity index (χ1v) is 7.27. The van der Waals surface area contributed by atoms with E-state index in [1.54, 1.807) is 0 Å². The molecule has 0 heterocycles. The summed E-state index contributed by atoms with van der Waals surface area (Å²) < 4.78 is 7.76. The van der Waals surface area contributed by atoms with Crippen molar-refractivity contribution in [2.75, 3.05) is 0 Å². The molecule has 116 valence electrons. The SMILES string of the molecule is [2H][C@@](O)(C=C[C@@H](C(=O)O)[C@H]1C[C@H](O)C[C@@H]1O)CCCCC. The summed E-state index contributed by atoms with van der Waals surface area (Å²) in [6, 6.07) is 0. The Balaban J connectivity index is 2.69. The molecule has 4 N–H and O–H groups in total. The fourth-order valence-corrected chi connectivity index (χ4v) is 2.67. The van der Waals surface area contributed by atoms with Crippen molar-refractivity contribution in [3.63, 3.8) is 0 Å². The number of aliphatic hydroxyl groups is 3. The Morgan fingerprint density at radius 1 is 1.35 bits per heavy atom. The molecule has 0 radical (unpaired) electrons. The van der Waals surface area contributed by atoms with E-state index in [0.29, 0.717) is 6.42 Å². The summed E-state index contributed by atoms with van der Waals surface area (Å²) in [4.78, 5) is 11.3. The van der Waals surface area contributed by atoms with Crippen molar-refractivity contribution < 1.29 is 26.6 Å². The molecule has 1 aliphatic carbocycles. The van der Waals surface area contributed by atoms with Gasteiger partial charge in [0.15, 0.2) is 0 Å².